The lowest BCUT2D eigenvalue weighted by atomic mass is 9.95. The maximum atomic E-state index is 13.2. The third-order valence-electron chi connectivity index (χ3n) is 3.10. The van der Waals surface area contributed by atoms with Gasteiger partial charge in [-0.3, -0.25) is 4.79 Å². The molecule has 0 spiro atoms. The quantitative estimate of drug-likeness (QED) is 0.839. The Labute approximate surface area is 113 Å². The van der Waals surface area contributed by atoms with Gasteiger partial charge < -0.3 is 0 Å². The van der Waals surface area contributed by atoms with Crippen molar-refractivity contribution in [3.63, 3.8) is 0 Å². The highest BCUT2D eigenvalue weighted by Gasteiger charge is 2.36. The molecule has 0 aliphatic carbocycles. The highest BCUT2D eigenvalue weighted by atomic mass is 79.9. The lowest BCUT2D eigenvalue weighted by molar-refractivity contribution is -0.120. The monoisotopic (exact) mass is 316 g/mol. The summed E-state index contributed by atoms with van der Waals surface area (Å²) in [7, 11) is 0. The molecule has 2 rings (SSSR count). The van der Waals surface area contributed by atoms with Gasteiger partial charge >= 0.3 is 0 Å². The molecule has 0 radical (unpaired) electrons. The van der Waals surface area contributed by atoms with Gasteiger partial charge in [0, 0.05) is 10.9 Å². The number of hydrogen-bond acceptors (Lipinski definition) is 2. The Morgan fingerprint density at radius 1 is 1.53 bits per heavy atom. The van der Waals surface area contributed by atoms with Gasteiger partial charge in [-0.2, -0.15) is 0 Å². The van der Waals surface area contributed by atoms with Crippen LogP contribution >= 0.6 is 27.7 Å². The average Bonchev–Trinajstić information content (AvgIpc) is 2.64. The van der Waals surface area contributed by atoms with Gasteiger partial charge in [-0.25, -0.2) is 4.39 Å². The van der Waals surface area contributed by atoms with Crippen LogP contribution in [0.5, 0.6) is 0 Å². The Balaban J connectivity index is 2.12. The second-order valence-electron chi connectivity index (χ2n) is 4.56. The van der Waals surface area contributed by atoms with E-state index in [1.165, 1.54) is 12.1 Å². The predicted octanol–water partition coefficient (Wildman–Crippen LogP) is 3.99. The Morgan fingerprint density at radius 3 is 2.88 bits per heavy atom. The molecule has 1 atom stereocenters. The van der Waals surface area contributed by atoms with E-state index in [1.54, 1.807) is 11.8 Å². The molecule has 0 N–H and O–H groups in total. The van der Waals surface area contributed by atoms with E-state index < -0.39 is 0 Å². The first-order valence-electron chi connectivity index (χ1n) is 5.62. The molecule has 1 aliphatic rings. The molecule has 4 heteroatoms. The summed E-state index contributed by atoms with van der Waals surface area (Å²) in [6.45, 7) is 2.00. The Kier molecular flexibility index (Phi) is 3.93. The number of thioether (sulfide) groups is 1. The van der Waals surface area contributed by atoms with Crippen molar-refractivity contribution in [2.75, 3.05) is 5.75 Å². The summed E-state index contributed by atoms with van der Waals surface area (Å²) in [4.78, 5) is 12.2. The first kappa shape index (κ1) is 13.1. The minimum atomic E-state index is -0.300. The highest BCUT2D eigenvalue weighted by Crippen LogP contribution is 2.39. The van der Waals surface area contributed by atoms with Crippen molar-refractivity contribution >= 4 is 33.5 Å². The van der Waals surface area contributed by atoms with Gasteiger partial charge in [-0.1, -0.05) is 15.9 Å². The molecule has 1 saturated heterocycles. The summed E-state index contributed by atoms with van der Waals surface area (Å²) in [6, 6.07) is 4.65. The van der Waals surface area contributed by atoms with Crippen molar-refractivity contribution in [2.24, 2.45) is 0 Å². The van der Waals surface area contributed by atoms with Crippen LogP contribution in [0, 0.1) is 5.82 Å². The number of carbonyl (C=O) groups is 1. The summed E-state index contributed by atoms with van der Waals surface area (Å²) in [5.74, 6) is 0.957. The minimum absolute atomic E-state index is 0.206. The third-order valence-corrected chi connectivity index (χ3v) is 5.12. The molecule has 1 nitrogen and oxygen atoms in total. The predicted molar refractivity (Wildman–Crippen MR) is 72.9 cm³/mol. The fraction of sp³-hybridized carbons (Fsp3) is 0.462. The van der Waals surface area contributed by atoms with Crippen molar-refractivity contribution in [3.8, 4) is 0 Å². The summed E-state index contributed by atoms with van der Waals surface area (Å²) in [5, 5.41) is 0. The van der Waals surface area contributed by atoms with Crippen molar-refractivity contribution in [1.29, 1.82) is 0 Å². The molecule has 1 unspecified atom stereocenters. The van der Waals surface area contributed by atoms with E-state index in [9.17, 15) is 9.18 Å². The van der Waals surface area contributed by atoms with E-state index >= 15 is 0 Å². The Bertz CT molecular complexity index is 421. The maximum absolute atomic E-state index is 13.2. The van der Waals surface area contributed by atoms with Crippen LogP contribution in [0.25, 0.3) is 0 Å². The smallest absolute Gasteiger partial charge is 0.152 e. The lowest BCUT2D eigenvalue weighted by Crippen LogP contribution is -2.30. The topological polar surface area (TPSA) is 17.1 Å². The van der Waals surface area contributed by atoms with Crippen molar-refractivity contribution in [1.82, 2.24) is 0 Å². The largest absolute Gasteiger partial charge is 0.298 e. The Morgan fingerprint density at radius 2 is 2.29 bits per heavy atom. The molecule has 1 heterocycles. The molecule has 1 aromatic carbocycles. The molecule has 0 saturated carbocycles. The second kappa shape index (κ2) is 5.11. The van der Waals surface area contributed by atoms with Gasteiger partial charge in [-0.05, 0) is 49.3 Å². The third kappa shape index (κ3) is 3.10. The summed E-state index contributed by atoms with van der Waals surface area (Å²) >= 11 is 4.97. The van der Waals surface area contributed by atoms with Gasteiger partial charge in [0.2, 0.25) is 0 Å². The SMILES string of the molecule is CC1(C(=O)Cc2cc(F)cc(Br)c2)CCCS1. The number of hydrogen-bond donors (Lipinski definition) is 0. The zero-order valence-corrected chi connectivity index (χ0v) is 12.0. The first-order chi connectivity index (χ1) is 7.99. The molecule has 17 heavy (non-hydrogen) atoms. The highest BCUT2D eigenvalue weighted by molar-refractivity contribution is 9.10. The van der Waals surface area contributed by atoms with Gasteiger partial charge in [0.15, 0.2) is 5.78 Å². The molecule has 0 aromatic heterocycles. The zero-order valence-electron chi connectivity index (χ0n) is 9.63. The van der Waals surface area contributed by atoms with E-state index in [2.05, 4.69) is 15.9 Å². The van der Waals surface area contributed by atoms with Crippen LogP contribution in [0.1, 0.15) is 25.3 Å². The van der Waals surface area contributed by atoms with Crippen LogP contribution in [0.15, 0.2) is 22.7 Å². The standard InChI is InChI=1S/C13H14BrFOS/c1-13(3-2-4-17-13)12(16)7-9-5-10(14)8-11(15)6-9/h5-6,8H,2-4,7H2,1H3. The Hall–Kier alpha value is -0.350. The van der Waals surface area contributed by atoms with Crippen molar-refractivity contribution in [3.05, 3.63) is 34.1 Å². The molecule has 92 valence electrons. The molecular weight excluding hydrogens is 303 g/mol. The van der Waals surface area contributed by atoms with Gasteiger partial charge in [-0.15, -0.1) is 11.8 Å². The van der Waals surface area contributed by atoms with E-state index in [1.807, 2.05) is 13.0 Å². The van der Waals surface area contributed by atoms with Gasteiger partial charge in [0.1, 0.15) is 5.82 Å². The molecule has 0 bridgehead atoms. The van der Waals surface area contributed by atoms with Gasteiger partial charge in [0.05, 0.1) is 4.75 Å². The minimum Gasteiger partial charge on any atom is -0.298 e. The first-order valence-corrected chi connectivity index (χ1v) is 7.40. The number of ketones is 1. The van der Waals surface area contributed by atoms with Crippen LogP contribution in [0.4, 0.5) is 4.39 Å². The summed E-state index contributed by atoms with van der Waals surface area (Å²) < 4.78 is 13.6. The summed E-state index contributed by atoms with van der Waals surface area (Å²) in [6.07, 6.45) is 2.35. The number of halogens is 2. The summed E-state index contributed by atoms with van der Waals surface area (Å²) in [5.41, 5.74) is 0.746. The fourth-order valence-corrected chi connectivity index (χ4v) is 3.86. The number of rotatable bonds is 3. The van der Waals surface area contributed by atoms with Crippen LogP contribution in [-0.4, -0.2) is 16.3 Å². The van der Waals surface area contributed by atoms with Crippen LogP contribution < -0.4 is 0 Å². The average molecular weight is 317 g/mol. The number of benzene rings is 1. The molecular formula is C13H14BrFOS. The lowest BCUT2D eigenvalue weighted by Gasteiger charge is -2.20. The normalized spacial score (nSPS) is 23.9. The van der Waals surface area contributed by atoms with E-state index in [0.29, 0.717) is 10.9 Å². The van der Waals surface area contributed by atoms with Crippen LogP contribution in [-0.2, 0) is 11.2 Å². The maximum Gasteiger partial charge on any atom is 0.152 e. The van der Waals surface area contributed by atoms with Crippen LogP contribution in [0.3, 0.4) is 0 Å². The van der Waals surface area contributed by atoms with Crippen molar-refractivity contribution < 1.29 is 9.18 Å². The molecule has 1 fully saturated rings. The molecule has 1 aromatic rings. The molecule has 0 amide bonds. The fourth-order valence-electron chi connectivity index (χ4n) is 2.08. The van der Waals surface area contributed by atoms with E-state index in [4.69, 9.17) is 0 Å². The number of Topliss-reactive ketones (excluding diaryl/α,β-unsaturated/α-hetero) is 1. The van der Waals surface area contributed by atoms with Crippen molar-refractivity contribution in [2.45, 2.75) is 30.9 Å². The second-order valence-corrected chi connectivity index (χ2v) is 7.07. The number of carbonyl (C=O) groups excluding carboxylic acids is 1. The van der Waals surface area contributed by atoms with Gasteiger partial charge in [0.25, 0.3) is 0 Å². The molecule has 1 aliphatic heterocycles. The van der Waals surface area contributed by atoms with Crippen LogP contribution in [0.2, 0.25) is 0 Å². The van der Waals surface area contributed by atoms with E-state index in [-0.39, 0.29) is 16.3 Å². The zero-order chi connectivity index (χ0) is 12.5. The van der Waals surface area contributed by atoms with E-state index in [0.717, 1.165) is 24.2 Å².